The summed E-state index contributed by atoms with van der Waals surface area (Å²) in [4.78, 5) is 14.0. The molecule has 0 spiro atoms. The number of hydrogen-bond acceptors (Lipinski definition) is 4. The number of nitrogens with zero attached hydrogens (tertiary/aromatic N) is 1. The summed E-state index contributed by atoms with van der Waals surface area (Å²) in [6.45, 7) is -0.142. The number of hydrogen-bond donors (Lipinski definition) is 2. The molecule has 0 radical (unpaired) electrons. The van der Waals surface area contributed by atoms with Crippen LogP contribution in [0.3, 0.4) is 0 Å². The van der Waals surface area contributed by atoms with E-state index in [2.05, 4.69) is 4.99 Å². The predicted octanol–water partition coefficient (Wildman–Crippen LogP) is -1.14. The molecule has 5 nitrogen and oxygen atoms in total. The minimum atomic E-state index is -2.81. The molecule has 0 saturated carbocycles. The van der Waals surface area contributed by atoms with Crippen molar-refractivity contribution in [1.82, 2.24) is 0 Å². The zero-order valence-electron chi connectivity index (χ0n) is 6.61. The molecule has 1 rings (SSSR count). The maximum absolute atomic E-state index is 12.3. The van der Waals surface area contributed by atoms with Gasteiger partial charge in [0.2, 0.25) is 5.91 Å². The molecule has 1 amide bonds. The average molecular weight is 193 g/mol. The lowest BCUT2D eigenvalue weighted by molar-refractivity contribution is -0.133. The van der Waals surface area contributed by atoms with Crippen molar-refractivity contribution in [2.24, 2.45) is 16.5 Å². The van der Waals surface area contributed by atoms with Gasteiger partial charge in [-0.05, 0) is 0 Å². The van der Waals surface area contributed by atoms with Gasteiger partial charge in [0.05, 0.1) is 0 Å². The Morgan fingerprint density at radius 1 is 1.69 bits per heavy atom. The standard InChI is InChI=1S/C6H9F2N3O2/c7-5(8)3-4(6(10)12)13-1-2(9)11-3/h3-5H,1H2,(H2,9,11)(H2,10,12)/t3?,4-/m1/s1. The van der Waals surface area contributed by atoms with Crippen LogP contribution < -0.4 is 11.5 Å². The molecule has 0 aromatic carbocycles. The molecular formula is C6H9F2N3O2. The van der Waals surface area contributed by atoms with Gasteiger partial charge in [0.1, 0.15) is 18.5 Å². The average Bonchev–Trinajstić information content (AvgIpc) is 2.03. The summed E-state index contributed by atoms with van der Waals surface area (Å²) in [6, 6.07) is -1.58. The first-order valence-corrected chi connectivity index (χ1v) is 3.53. The smallest absolute Gasteiger partial charge is 0.263 e. The van der Waals surface area contributed by atoms with Crippen molar-refractivity contribution in [3.8, 4) is 0 Å². The van der Waals surface area contributed by atoms with E-state index in [4.69, 9.17) is 16.2 Å². The van der Waals surface area contributed by atoms with Gasteiger partial charge < -0.3 is 16.2 Å². The zero-order valence-corrected chi connectivity index (χ0v) is 6.61. The molecule has 1 aliphatic rings. The Hall–Kier alpha value is -1.24. The number of amidine groups is 1. The molecule has 0 bridgehead atoms. The van der Waals surface area contributed by atoms with E-state index in [1.807, 2.05) is 0 Å². The van der Waals surface area contributed by atoms with Gasteiger partial charge in [0.15, 0.2) is 6.10 Å². The van der Waals surface area contributed by atoms with E-state index in [0.29, 0.717) is 0 Å². The van der Waals surface area contributed by atoms with Gasteiger partial charge >= 0.3 is 0 Å². The number of carbonyl (C=O) groups excluding carboxylic acids is 1. The number of nitrogens with two attached hydrogens (primary N) is 2. The highest BCUT2D eigenvalue weighted by atomic mass is 19.3. The third-order valence-electron chi connectivity index (χ3n) is 1.57. The first-order chi connectivity index (χ1) is 6.02. The van der Waals surface area contributed by atoms with E-state index >= 15 is 0 Å². The molecule has 0 fully saturated rings. The third kappa shape index (κ3) is 2.11. The molecule has 74 valence electrons. The topological polar surface area (TPSA) is 90.7 Å². The van der Waals surface area contributed by atoms with Crippen LogP contribution in [0.1, 0.15) is 0 Å². The van der Waals surface area contributed by atoms with E-state index < -0.39 is 24.5 Å². The van der Waals surface area contributed by atoms with Crippen LogP contribution in [0.5, 0.6) is 0 Å². The Morgan fingerprint density at radius 2 is 2.31 bits per heavy atom. The summed E-state index contributed by atoms with van der Waals surface area (Å²) in [5, 5.41) is 0. The normalized spacial score (nSPS) is 28.7. The fourth-order valence-corrected chi connectivity index (χ4v) is 1.01. The van der Waals surface area contributed by atoms with Gasteiger partial charge in [0, 0.05) is 0 Å². The Kier molecular flexibility index (Phi) is 2.76. The van der Waals surface area contributed by atoms with Crippen LogP contribution in [-0.2, 0) is 9.53 Å². The number of carbonyl (C=O) groups is 1. The predicted molar refractivity (Wildman–Crippen MR) is 40.3 cm³/mol. The van der Waals surface area contributed by atoms with Crippen LogP contribution in [0, 0.1) is 0 Å². The summed E-state index contributed by atoms with van der Waals surface area (Å²) in [6.07, 6.45) is -4.19. The summed E-state index contributed by atoms with van der Waals surface area (Å²) in [7, 11) is 0. The van der Waals surface area contributed by atoms with Crippen LogP contribution in [0.25, 0.3) is 0 Å². The van der Waals surface area contributed by atoms with E-state index in [9.17, 15) is 13.6 Å². The fourth-order valence-electron chi connectivity index (χ4n) is 1.01. The number of amides is 1. The fraction of sp³-hybridized carbons (Fsp3) is 0.667. The quantitative estimate of drug-likeness (QED) is 0.580. The van der Waals surface area contributed by atoms with Crippen molar-refractivity contribution in [3.63, 3.8) is 0 Å². The van der Waals surface area contributed by atoms with Crippen molar-refractivity contribution >= 4 is 11.7 Å². The van der Waals surface area contributed by atoms with E-state index in [-0.39, 0.29) is 12.4 Å². The Bertz CT molecular complexity index is 244. The molecule has 7 heteroatoms. The molecular weight excluding hydrogens is 184 g/mol. The monoisotopic (exact) mass is 193 g/mol. The number of primary amides is 1. The molecule has 1 heterocycles. The van der Waals surface area contributed by atoms with Gasteiger partial charge in [0.25, 0.3) is 6.43 Å². The van der Waals surface area contributed by atoms with E-state index in [1.54, 1.807) is 0 Å². The third-order valence-corrected chi connectivity index (χ3v) is 1.57. The maximum atomic E-state index is 12.3. The lowest BCUT2D eigenvalue weighted by Gasteiger charge is -2.25. The van der Waals surface area contributed by atoms with Gasteiger partial charge in [-0.1, -0.05) is 0 Å². The van der Waals surface area contributed by atoms with Crippen molar-refractivity contribution in [2.75, 3.05) is 6.61 Å². The van der Waals surface area contributed by atoms with Crippen molar-refractivity contribution in [3.05, 3.63) is 0 Å². The molecule has 1 aliphatic heterocycles. The molecule has 4 N–H and O–H groups in total. The number of rotatable bonds is 2. The van der Waals surface area contributed by atoms with Gasteiger partial charge in [-0.25, -0.2) is 8.78 Å². The Balaban J connectivity index is 2.82. The lowest BCUT2D eigenvalue weighted by Crippen LogP contribution is -2.49. The zero-order chi connectivity index (χ0) is 10.0. The van der Waals surface area contributed by atoms with E-state index in [0.717, 1.165) is 0 Å². The Morgan fingerprint density at radius 3 is 2.77 bits per heavy atom. The van der Waals surface area contributed by atoms with Gasteiger partial charge in [-0.15, -0.1) is 0 Å². The lowest BCUT2D eigenvalue weighted by atomic mass is 10.1. The van der Waals surface area contributed by atoms with Crippen LogP contribution in [0.15, 0.2) is 4.99 Å². The molecule has 0 saturated heterocycles. The molecule has 0 aromatic rings. The first-order valence-electron chi connectivity index (χ1n) is 3.53. The van der Waals surface area contributed by atoms with Crippen molar-refractivity contribution in [2.45, 2.75) is 18.6 Å². The minimum absolute atomic E-state index is 0.0530. The first kappa shape index (κ1) is 9.85. The molecule has 13 heavy (non-hydrogen) atoms. The van der Waals surface area contributed by atoms with E-state index in [1.165, 1.54) is 0 Å². The summed E-state index contributed by atoms with van der Waals surface area (Å²) in [5.74, 6) is -1.01. The molecule has 1 unspecified atom stereocenters. The van der Waals surface area contributed by atoms with Crippen LogP contribution in [-0.4, -0.2) is 36.9 Å². The summed E-state index contributed by atoms with van der Waals surface area (Å²) < 4.78 is 29.2. The minimum Gasteiger partial charge on any atom is -0.386 e. The highest BCUT2D eigenvalue weighted by Crippen LogP contribution is 2.16. The number of alkyl halides is 2. The molecule has 0 aromatic heterocycles. The largest absolute Gasteiger partial charge is 0.386 e. The summed E-state index contributed by atoms with van der Waals surface area (Å²) in [5.41, 5.74) is 10.00. The highest BCUT2D eigenvalue weighted by Gasteiger charge is 2.37. The van der Waals surface area contributed by atoms with Gasteiger partial charge in [-0.2, -0.15) is 0 Å². The maximum Gasteiger partial charge on any atom is 0.263 e. The van der Waals surface area contributed by atoms with Gasteiger partial charge in [-0.3, -0.25) is 9.79 Å². The highest BCUT2D eigenvalue weighted by molar-refractivity contribution is 5.86. The van der Waals surface area contributed by atoms with Crippen LogP contribution in [0.2, 0.25) is 0 Å². The second-order valence-electron chi connectivity index (χ2n) is 2.58. The SMILES string of the molecule is NC(=O)[C@@H]1OCC(N)=NC1C(F)F. The van der Waals surface area contributed by atoms with Crippen LogP contribution >= 0.6 is 0 Å². The summed E-state index contributed by atoms with van der Waals surface area (Å²) >= 11 is 0. The number of halogens is 2. The van der Waals surface area contributed by atoms with Crippen molar-refractivity contribution in [1.29, 1.82) is 0 Å². The molecule has 2 atom stereocenters. The number of ether oxygens (including phenoxy) is 1. The second kappa shape index (κ2) is 3.65. The number of aliphatic imine (C=N–C) groups is 1. The van der Waals surface area contributed by atoms with Crippen LogP contribution in [0.4, 0.5) is 8.78 Å². The Labute approximate surface area is 72.7 Å². The molecule has 0 aliphatic carbocycles. The second-order valence-corrected chi connectivity index (χ2v) is 2.58. The van der Waals surface area contributed by atoms with Crippen molar-refractivity contribution < 1.29 is 18.3 Å².